The SMILES string of the molecule is CCC(=O)Nc1ccc2c(c1)OC[C@H](C)N(C(=O)c1ccccc1F)C[C@@H](C)[C@@H](OC)CN(C)C2=O. The number of nitrogens with zero attached hydrogens (tertiary/aromatic N) is 2. The zero-order valence-corrected chi connectivity index (χ0v) is 21.4. The van der Waals surface area contributed by atoms with Crippen LogP contribution in [0.5, 0.6) is 5.75 Å². The number of hydrogen-bond acceptors (Lipinski definition) is 5. The molecule has 0 saturated heterocycles. The topological polar surface area (TPSA) is 88.2 Å². The maximum Gasteiger partial charge on any atom is 0.257 e. The third kappa shape index (κ3) is 6.20. The molecule has 0 spiro atoms. The highest BCUT2D eigenvalue weighted by atomic mass is 19.1. The van der Waals surface area contributed by atoms with Gasteiger partial charge in [-0.2, -0.15) is 0 Å². The average Bonchev–Trinajstić information content (AvgIpc) is 2.87. The molecule has 9 heteroatoms. The highest BCUT2D eigenvalue weighted by Crippen LogP contribution is 2.27. The van der Waals surface area contributed by atoms with Gasteiger partial charge in [0.1, 0.15) is 18.2 Å². The number of fused-ring (bicyclic) bond motifs is 1. The van der Waals surface area contributed by atoms with Crippen molar-refractivity contribution in [3.63, 3.8) is 0 Å². The molecular formula is C27H34FN3O5. The molecule has 3 rings (SSSR count). The molecule has 0 radical (unpaired) electrons. The fourth-order valence-corrected chi connectivity index (χ4v) is 4.17. The van der Waals surface area contributed by atoms with Crippen LogP contribution < -0.4 is 10.1 Å². The second-order valence-electron chi connectivity index (χ2n) is 9.15. The van der Waals surface area contributed by atoms with Gasteiger partial charge in [-0.3, -0.25) is 14.4 Å². The first-order valence-corrected chi connectivity index (χ1v) is 12.1. The predicted octanol–water partition coefficient (Wildman–Crippen LogP) is 3.82. The van der Waals surface area contributed by atoms with Crippen LogP contribution in [0.1, 0.15) is 47.9 Å². The van der Waals surface area contributed by atoms with Crippen molar-refractivity contribution in [2.24, 2.45) is 5.92 Å². The van der Waals surface area contributed by atoms with Gasteiger partial charge in [-0.05, 0) is 31.2 Å². The van der Waals surface area contributed by atoms with E-state index in [2.05, 4.69) is 5.32 Å². The molecule has 0 aliphatic carbocycles. The summed E-state index contributed by atoms with van der Waals surface area (Å²) in [7, 11) is 3.24. The molecule has 3 atom stereocenters. The van der Waals surface area contributed by atoms with Crippen LogP contribution in [-0.2, 0) is 9.53 Å². The van der Waals surface area contributed by atoms with Crippen molar-refractivity contribution in [3.05, 3.63) is 59.4 Å². The van der Waals surface area contributed by atoms with Gasteiger partial charge in [0.25, 0.3) is 11.8 Å². The van der Waals surface area contributed by atoms with Gasteiger partial charge in [0.2, 0.25) is 5.91 Å². The van der Waals surface area contributed by atoms with E-state index in [0.29, 0.717) is 17.7 Å². The Morgan fingerprint density at radius 3 is 2.56 bits per heavy atom. The lowest BCUT2D eigenvalue weighted by molar-refractivity contribution is -0.115. The first kappa shape index (κ1) is 27.1. The largest absolute Gasteiger partial charge is 0.491 e. The van der Waals surface area contributed by atoms with Crippen molar-refractivity contribution in [2.45, 2.75) is 39.3 Å². The fraction of sp³-hybridized carbons (Fsp3) is 0.444. The number of hydrogen-bond donors (Lipinski definition) is 1. The number of carbonyl (C=O) groups excluding carboxylic acids is 3. The van der Waals surface area contributed by atoms with E-state index in [1.54, 1.807) is 55.1 Å². The highest BCUT2D eigenvalue weighted by molar-refractivity contribution is 5.98. The Labute approximate surface area is 211 Å². The first-order valence-electron chi connectivity index (χ1n) is 12.1. The summed E-state index contributed by atoms with van der Waals surface area (Å²) in [5.74, 6) is -1.33. The van der Waals surface area contributed by atoms with Crippen LogP contribution in [0.2, 0.25) is 0 Å². The van der Waals surface area contributed by atoms with Crippen molar-refractivity contribution in [1.29, 1.82) is 0 Å². The number of methoxy groups -OCH3 is 1. The summed E-state index contributed by atoms with van der Waals surface area (Å²) < 4.78 is 26.3. The molecular weight excluding hydrogens is 465 g/mol. The standard InChI is InChI=1S/C27H34FN3O5/c1-6-25(32)29-19-11-12-21-23(13-19)36-16-18(3)31(27(34)20-9-7-8-10-22(20)28)14-17(2)24(35-5)15-30(4)26(21)33/h7-13,17-18,24H,6,14-16H2,1-5H3,(H,29,32)/t17-,18+,24+/m1/s1. The Morgan fingerprint density at radius 1 is 1.17 bits per heavy atom. The monoisotopic (exact) mass is 499 g/mol. The van der Waals surface area contributed by atoms with E-state index in [0.717, 1.165) is 0 Å². The van der Waals surface area contributed by atoms with Crippen molar-refractivity contribution in [3.8, 4) is 5.75 Å². The molecule has 0 fully saturated rings. The van der Waals surface area contributed by atoms with Crippen molar-refractivity contribution < 1.29 is 28.2 Å². The quantitative estimate of drug-likeness (QED) is 0.691. The summed E-state index contributed by atoms with van der Waals surface area (Å²) in [6, 6.07) is 10.3. The molecule has 3 amide bonds. The van der Waals surface area contributed by atoms with Gasteiger partial charge in [-0.15, -0.1) is 0 Å². The minimum atomic E-state index is -0.593. The molecule has 1 heterocycles. The number of likely N-dealkylation sites (N-methyl/N-ethyl adjacent to an activating group) is 1. The van der Waals surface area contributed by atoms with Crippen LogP contribution in [0.25, 0.3) is 0 Å². The molecule has 36 heavy (non-hydrogen) atoms. The summed E-state index contributed by atoms with van der Waals surface area (Å²) >= 11 is 0. The minimum Gasteiger partial charge on any atom is -0.491 e. The summed E-state index contributed by atoms with van der Waals surface area (Å²) in [4.78, 5) is 41.7. The number of anilines is 1. The molecule has 2 aromatic rings. The van der Waals surface area contributed by atoms with Crippen molar-refractivity contribution in [1.82, 2.24) is 9.80 Å². The number of nitrogens with one attached hydrogen (secondary N) is 1. The molecule has 0 aromatic heterocycles. The molecule has 8 nitrogen and oxygen atoms in total. The Kier molecular flexibility index (Phi) is 9.03. The molecule has 0 unspecified atom stereocenters. The van der Waals surface area contributed by atoms with E-state index in [-0.39, 0.29) is 54.8 Å². The zero-order valence-electron chi connectivity index (χ0n) is 21.4. The summed E-state index contributed by atoms with van der Waals surface area (Å²) in [5, 5.41) is 2.77. The molecule has 0 saturated carbocycles. The summed E-state index contributed by atoms with van der Waals surface area (Å²) in [6.45, 7) is 6.10. The van der Waals surface area contributed by atoms with Gasteiger partial charge >= 0.3 is 0 Å². The lowest BCUT2D eigenvalue weighted by Gasteiger charge is -2.36. The van der Waals surface area contributed by atoms with E-state index < -0.39 is 17.8 Å². The Morgan fingerprint density at radius 2 is 1.89 bits per heavy atom. The third-order valence-corrected chi connectivity index (χ3v) is 6.42. The number of carbonyl (C=O) groups is 3. The van der Waals surface area contributed by atoms with Crippen LogP contribution in [0.4, 0.5) is 10.1 Å². The molecule has 1 aliphatic rings. The van der Waals surface area contributed by atoms with Gasteiger partial charge < -0.3 is 24.6 Å². The average molecular weight is 500 g/mol. The van der Waals surface area contributed by atoms with Crippen molar-refractivity contribution >= 4 is 23.4 Å². The Bertz CT molecular complexity index is 1110. The van der Waals surface area contributed by atoms with Crippen LogP contribution in [0, 0.1) is 11.7 Å². The Hall–Kier alpha value is -3.46. The molecule has 1 N–H and O–H groups in total. The second-order valence-corrected chi connectivity index (χ2v) is 9.15. The van der Waals surface area contributed by atoms with Gasteiger partial charge in [0, 0.05) is 51.3 Å². The zero-order chi connectivity index (χ0) is 26.4. The van der Waals surface area contributed by atoms with Crippen LogP contribution in [0.3, 0.4) is 0 Å². The van der Waals surface area contributed by atoms with Crippen LogP contribution >= 0.6 is 0 Å². The van der Waals surface area contributed by atoms with Gasteiger partial charge in [0.15, 0.2) is 0 Å². The van der Waals surface area contributed by atoms with E-state index in [4.69, 9.17) is 9.47 Å². The number of benzene rings is 2. The number of ether oxygens (including phenoxy) is 2. The second kappa shape index (κ2) is 12.0. The molecule has 194 valence electrons. The van der Waals surface area contributed by atoms with Gasteiger partial charge in [0.05, 0.1) is 23.3 Å². The van der Waals surface area contributed by atoms with Crippen LogP contribution in [0.15, 0.2) is 42.5 Å². The maximum absolute atomic E-state index is 14.5. The fourth-order valence-electron chi connectivity index (χ4n) is 4.17. The highest BCUT2D eigenvalue weighted by Gasteiger charge is 2.31. The first-order chi connectivity index (χ1) is 17.2. The molecule has 1 aliphatic heterocycles. The molecule has 0 bridgehead atoms. The number of halogens is 1. The maximum atomic E-state index is 14.5. The normalized spacial score (nSPS) is 21.1. The minimum absolute atomic E-state index is 0.0186. The molecule has 2 aromatic carbocycles. The number of amides is 3. The summed E-state index contributed by atoms with van der Waals surface area (Å²) in [6.07, 6.45) is -0.0608. The number of rotatable bonds is 4. The van der Waals surface area contributed by atoms with Gasteiger partial charge in [-0.1, -0.05) is 26.0 Å². The van der Waals surface area contributed by atoms with E-state index >= 15 is 0 Å². The summed E-state index contributed by atoms with van der Waals surface area (Å²) in [5.41, 5.74) is 0.808. The van der Waals surface area contributed by atoms with E-state index in [1.165, 1.54) is 18.2 Å². The van der Waals surface area contributed by atoms with E-state index in [1.807, 2.05) is 13.8 Å². The van der Waals surface area contributed by atoms with Gasteiger partial charge in [-0.25, -0.2) is 4.39 Å². The van der Waals surface area contributed by atoms with Crippen molar-refractivity contribution in [2.75, 3.05) is 39.2 Å². The van der Waals surface area contributed by atoms with Crippen LogP contribution in [-0.4, -0.2) is 73.5 Å². The third-order valence-electron chi connectivity index (χ3n) is 6.42. The smallest absolute Gasteiger partial charge is 0.257 e. The predicted molar refractivity (Wildman–Crippen MR) is 135 cm³/mol. The van der Waals surface area contributed by atoms with E-state index in [9.17, 15) is 18.8 Å². The Balaban J connectivity index is 2.01. The lowest BCUT2D eigenvalue weighted by atomic mass is 10.0. The lowest BCUT2D eigenvalue weighted by Crippen LogP contribution is -2.48.